The first-order valence-corrected chi connectivity index (χ1v) is 5.66. The second kappa shape index (κ2) is 2.77. The normalized spacial score (nSPS) is 54.9. The molecule has 0 N–H and O–H groups in total. The van der Waals surface area contributed by atoms with E-state index in [1.165, 1.54) is 0 Å². The molecule has 0 amide bonds. The Morgan fingerprint density at radius 2 is 1.86 bits per heavy atom. The number of alkyl halides is 1. The van der Waals surface area contributed by atoms with Crippen LogP contribution in [0, 0.1) is 28.1 Å². The monoisotopic (exact) mass is 197 g/mol. The van der Waals surface area contributed by atoms with Crippen LogP contribution in [0.3, 0.4) is 0 Å². The van der Waals surface area contributed by atoms with E-state index in [1.54, 1.807) is 0 Å². The molecule has 14 heavy (non-hydrogen) atoms. The summed E-state index contributed by atoms with van der Waals surface area (Å²) in [5, 5.41) is 3.08. The molecule has 2 unspecified atom stereocenters. The highest BCUT2D eigenvalue weighted by Crippen LogP contribution is 2.60. The van der Waals surface area contributed by atoms with Gasteiger partial charge in [-0.25, -0.2) is 4.39 Å². The van der Waals surface area contributed by atoms with Crippen molar-refractivity contribution >= 4 is 0 Å². The summed E-state index contributed by atoms with van der Waals surface area (Å²) in [6, 6.07) is 0. The van der Waals surface area contributed by atoms with Gasteiger partial charge in [-0.3, -0.25) is 0 Å². The molecule has 4 rings (SSSR count). The van der Waals surface area contributed by atoms with Crippen molar-refractivity contribution in [1.82, 2.24) is 0 Å². The first-order valence-electron chi connectivity index (χ1n) is 5.66. The SMILES string of the molecule is O=NCC12CC3CC(C1)C(F)C(C3)C2. The Kier molecular flexibility index (Phi) is 1.74. The number of nitroso groups, excluding NO2 is 1. The average molecular weight is 197 g/mol. The molecule has 4 aliphatic carbocycles. The van der Waals surface area contributed by atoms with Crippen molar-refractivity contribution < 1.29 is 4.39 Å². The molecule has 2 atom stereocenters. The molecule has 3 heteroatoms. The summed E-state index contributed by atoms with van der Waals surface area (Å²) < 4.78 is 13.8. The maximum absolute atomic E-state index is 13.8. The lowest BCUT2D eigenvalue weighted by atomic mass is 9.49. The van der Waals surface area contributed by atoms with Crippen LogP contribution in [0.1, 0.15) is 32.1 Å². The highest BCUT2D eigenvalue weighted by atomic mass is 19.1. The predicted molar refractivity (Wildman–Crippen MR) is 51.5 cm³/mol. The van der Waals surface area contributed by atoms with E-state index in [0.29, 0.717) is 12.5 Å². The third-order valence-electron chi connectivity index (χ3n) is 4.68. The summed E-state index contributed by atoms with van der Waals surface area (Å²) in [7, 11) is 0. The Labute approximate surface area is 83.2 Å². The molecule has 78 valence electrons. The van der Waals surface area contributed by atoms with Crippen molar-refractivity contribution in [2.24, 2.45) is 28.3 Å². The largest absolute Gasteiger partial charge is 0.247 e. The summed E-state index contributed by atoms with van der Waals surface area (Å²) in [6.07, 6.45) is 4.54. The first kappa shape index (κ1) is 8.81. The van der Waals surface area contributed by atoms with Gasteiger partial charge in [0.1, 0.15) is 6.17 Å². The van der Waals surface area contributed by atoms with Gasteiger partial charge in [-0.05, 0) is 55.3 Å². The smallest absolute Gasteiger partial charge is 0.106 e. The van der Waals surface area contributed by atoms with Crippen molar-refractivity contribution in [1.29, 1.82) is 0 Å². The summed E-state index contributed by atoms with van der Waals surface area (Å²) >= 11 is 0. The summed E-state index contributed by atoms with van der Waals surface area (Å²) in [5.41, 5.74) is 0.112. The zero-order valence-corrected chi connectivity index (χ0v) is 8.29. The van der Waals surface area contributed by atoms with E-state index in [4.69, 9.17) is 0 Å². The summed E-state index contributed by atoms with van der Waals surface area (Å²) in [5.74, 6) is 1.20. The van der Waals surface area contributed by atoms with Gasteiger partial charge in [-0.15, -0.1) is 0 Å². The molecule has 0 aromatic carbocycles. The Hall–Kier alpha value is -0.470. The lowest BCUT2D eigenvalue weighted by molar-refractivity contribution is -0.1000. The molecule has 4 fully saturated rings. The minimum atomic E-state index is -0.577. The van der Waals surface area contributed by atoms with Crippen LogP contribution < -0.4 is 0 Å². The molecular formula is C11H16FNO. The third kappa shape index (κ3) is 1.07. The molecule has 0 aliphatic heterocycles. The highest BCUT2D eigenvalue weighted by Gasteiger charge is 2.55. The molecular weight excluding hydrogens is 181 g/mol. The van der Waals surface area contributed by atoms with Crippen LogP contribution >= 0.6 is 0 Å². The molecule has 2 nitrogen and oxygen atoms in total. The lowest BCUT2D eigenvalue weighted by Crippen LogP contribution is -2.53. The van der Waals surface area contributed by atoms with Crippen LogP contribution in [0.25, 0.3) is 0 Å². The number of rotatable bonds is 2. The number of hydrogen-bond acceptors (Lipinski definition) is 2. The quantitative estimate of drug-likeness (QED) is 0.626. The van der Waals surface area contributed by atoms with Crippen LogP contribution in [-0.4, -0.2) is 12.7 Å². The highest BCUT2D eigenvalue weighted by molar-refractivity contribution is 5.05. The Bertz CT molecular complexity index is 252. The van der Waals surface area contributed by atoms with E-state index in [0.717, 1.165) is 32.1 Å². The van der Waals surface area contributed by atoms with Crippen molar-refractivity contribution in [3.05, 3.63) is 4.91 Å². The van der Waals surface area contributed by atoms with E-state index >= 15 is 0 Å². The molecule has 0 radical (unpaired) electrons. The maximum atomic E-state index is 13.8. The standard InChI is InChI=1S/C11H16FNO/c12-10-8-1-7-2-9(10)5-11(3-7,4-8)6-13-14/h7-10H,1-6H2. The fourth-order valence-corrected chi connectivity index (χ4v) is 4.46. The van der Waals surface area contributed by atoms with E-state index in [9.17, 15) is 9.30 Å². The fraction of sp³-hybridized carbons (Fsp3) is 1.00. The Balaban J connectivity index is 1.88. The minimum absolute atomic E-state index is 0.112. The second-order valence-corrected chi connectivity index (χ2v) is 5.70. The van der Waals surface area contributed by atoms with Gasteiger partial charge in [0.15, 0.2) is 0 Å². The minimum Gasteiger partial charge on any atom is -0.247 e. The zero-order valence-electron chi connectivity index (χ0n) is 8.29. The van der Waals surface area contributed by atoms with Gasteiger partial charge in [0.2, 0.25) is 0 Å². The van der Waals surface area contributed by atoms with E-state index < -0.39 is 6.17 Å². The second-order valence-electron chi connectivity index (χ2n) is 5.70. The molecule has 4 aliphatic rings. The average Bonchev–Trinajstić information content (AvgIpc) is 2.12. The van der Waals surface area contributed by atoms with Crippen LogP contribution in [-0.2, 0) is 0 Å². The summed E-state index contributed by atoms with van der Waals surface area (Å²) in [4.78, 5) is 10.4. The first-order chi connectivity index (χ1) is 6.72. The molecule has 0 aromatic rings. The number of hydrogen-bond donors (Lipinski definition) is 0. The van der Waals surface area contributed by atoms with Gasteiger partial charge in [0.25, 0.3) is 0 Å². The topological polar surface area (TPSA) is 29.4 Å². The van der Waals surface area contributed by atoms with Gasteiger partial charge in [0, 0.05) is 0 Å². The van der Waals surface area contributed by atoms with Gasteiger partial charge in [-0.1, -0.05) is 5.18 Å². The Morgan fingerprint density at radius 1 is 1.21 bits per heavy atom. The van der Waals surface area contributed by atoms with Crippen LogP contribution in [0.15, 0.2) is 5.18 Å². The molecule has 0 heterocycles. The molecule has 0 aromatic heterocycles. The van der Waals surface area contributed by atoms with Crippen LogP contribution in [0.4, 0.5) is 4.39 Å². The maximum Gasteiger partial charge on any atom is 0.106 e. The third-order valence-corrected chi connectivity index (χ3v) is 4.68. The van der Waals surface area contributed by atoms with Crippen molar-refractivity contribution in [2.75, 3.05) is 6.54 Å². The molecule has 4 saturated carbocycles. The zero-order chi connectivity index (χ0) is 9.76. The Morgan fingerprint density at radius 3 is 2.43 bits per heavy atom. The van der Waals surface area contributed by atoms with Gasteiger partial charge < -0.3 is 0 Å². The van der Waals surface area contributed by atoms with Crippen molar-refractivity contribution in [3.63, 3.8) is 0 Å². The molecule has 0 spiro atoms. The molecule has 4 bridgehead atoms. The predicted octanol–water partition coefficient (Wildman–Crippen LogP) is 2.92. The summed E-state index contributed by atoms with van der Waals surface area (Å²) in [6.45, 7) is 0.434. The molecule has 0 saturated heterocycles. The van der Waals surface area contributed by atoms with Crippen LogP contribution in [0.2, 0.25) is 0 Å². The number of halogens is 1. The number of nitrogens with zero attached hydrogens (tertiary/aromatic N) is 1. The van der Waals surface area contributed by atoms with Gasteiger partial charge in [-0.2, -0.15) is 4.91 Å². The fourth-order valence-electron chi connectivity index (χ4n) is 4.46. The van der Waals surface area contributed by atoms with E-state index in [-0.39, 0.29) is 17.3 Å². The van der Waals surface area contributed by atoms with E-state index in [2.05, 4.69) is 5.18 Å². The van der Waals surface area contributed by atoms with Crippen molar-refractivity contribution in [3.8, 4) is 0 Å². The van der Waals surface area contributed by atoms with Crippen molar-refractivity contribution in [2.45, 2.75) is 38.3 Å². The van der Waals surface area contributed by atoms with E-state index in [1.807, 2.05) is 0 Å². The van der Waals surface area contributed by atoms with Crippen LogP contribution in [0.5, 0.6) is 0 Å². The van der Waals surface area contributed by atoms with Gasteiger partial charge in [0.05, 0.1) is 6.54 Å². The van der Waals surface area contributed by atoms with Gasteiger partial charge >= 0.3 is 0 Å². The lowest BCUT2D eigenvalue weighted by Gasteiger charge is -2.57.